The summed E-state index contributed by atoms with van der Waals surface area (Å²) in [5, 5.41) is 0.703. The highest BCUT2D eigenvalue weighted by atomic mass is 35.5. The quantitative estimate of drug-likeness (QED) is 0.793. The summed E-state index contributed by atoms with van der Waals surface area (Å²) in [6.45, 7) is 4.60. The molecule has 3 rings (SSSR count). The van der Waals surface area contributed by atoms with Crippen LogP contribution in [0.1, 0.15) is 35.4 Å². The maximum atomic E-state index is 12.7. The summed E-state index contributed by atoms with van der Waals surface area (Å²) in [5.74, 6) is 0.185. The molecule has 1 aliphatic heterocycles. The molecule has 0 saturated carbocycles. The summed E-state index contributed by atoms with van der Waals surface area (Å²) >= 11 is 5.96. The van der Waals surface area contributed by atoms with Crippen molar-refractivity contribution in [3.8, 4) is 5.69 Å². The zero-order chi connectivity index (χ0) is 15.5. The first-order valence-electron chi connectivity index (χ1n) is 7.85. The third-order valence-electron chi connectivity index (χ3n) is 4.26. The van der Waals surface area contributed by atoms with Gasteiger partial charge in [0.2, 0.25) is 0 Å². The van der Waals surface area contributed by atoms with Gasteiger partial charge in [-0.15, -0.1) is 0 Å². The van der Waals surface area contributed by atoms with Crippen molar-refractivity contribution >= 4 is 17.4 Å². The number of halogens is 1. The number of hydrogen-bond acceptors (Lipinski definition) is 2. The fourth-order valence-electron chi connectivity index (χ4n) is 3.09. The highest BCUT2D eigenvalue weighted by Gasteiger charge is 2.19. The normalized spacial score (nSPS) is 15.9. The van der Waals surface area contributed by atoms with Crippen LogP contribution < -0.4 is 0 Å². The third-order valence-corrected chi connectivity index (χ3v) is 4.51. The van der Waals surface area contributed by atoms with Crippen LogP contribution in [0.5, 0.6) is 0 Å². The lowest BCUT2D eigenvalue weighted by molar-refractivity contribution is 0.0909. The average molecular weight is 317 g/mol. The minimum Gasteiger partial charge on any atom is -0.311 e. The van der Waals surface area contributed by atoms with Crippen LogP contribution >= 0.6 is 11.6 Å². The molecule has 116 valence electrons. The van der Waals surface area contributed by atoms with Crippen molar-refractivity contribution in [1.29, 1.82) is 0 Å². The molecule has 2 heterocycles. The number of nitrogens with zero attached hydrogens (tertiary/aromatic N) is 2. The number of ketones is 1. The van der Waals surface area contributed by atoms with Crippen molar-refractivity contribution in [3.63, 3.8) is 0 Å². The molecule has 0 atom stereocenters. The number of carbonyl (C=O) groups excluding carboxylic acids is 1. The second-order valence-corrected chi connectivity index (χ2v) is 6.37. The lowest BCUT2D eigenvalue weighted by Crippen LogP contribution is -2.35. The molecule has 2 aromatic rings. The molecule has 0 radical (unpaired) electrons. The number of rotatable bonds is 4. The highest BCUT2D eigenvalue weighted by Crippen LogP contribution is 2.20. The lowest BCUT2D eigenvalue weighted by atomic mass is 10.1. The summed E-state index contributed by atoms with van der Waals surface area (Å²) in [6.07, 6.45) is 3.68. The van der Waals surface area contributed by atoms with Crippen molar-refractivity contribution in [2.75, 3.05) is 19.6 Å². The Hall–Kier alpha value is -1.58. The van der Waals surface area contributed by atoms with Crippen molar-refractivity contribution in [2.45, 2.75) is 26.2 Å². The number of carbonyl (C=O) groups is 1. The van der Waals surface area contributed by atoms with E-state index in [1.165, 1.54) is 19.3 Å². The van der Waals surface area contributed by atoms with Crippen molar-refractivity contribution < 1.29 is 4.79 Å². The van der Waals surface area contributed by atoms with Gasteiger partial charge in [0.25, 0.3) is 0 Å². The minimum atomic E-state index is 0.185. The van der Waals surface area contributed by atoms with E-state index in [1.807, 2.05) is 47.9 Å². The first-order valence-corrected chi connectivity index (χ1v) is 8.23. The van der Waals surface area contributed by atoms with E-state index in [9.17, 15) is 4.79 Å². The molecule has 1 aromatic heterocycles. The van der Waals surface area contributed by atoms with Gasteiger partial charge in [-0.25, -0.2) is 0 Å². The summed E-state index contributed by atoms with van der Waals surface area (Å²) in [5.41, 5.74) is 2.80. The molecule has 0 unspecified atom stereocenters. The second kappa shape index (κ2) is 6.67. The number of hydrogen-bond donors (Lipinski definition) is 0. The number of benzene rings is 1. The molecule has 0 bridgehead atoms. The fourth-order valence-corrected chi connectivity index (χ4v) is 3.22. The molecule has 0 spiro atoms. The molecule has 1 saturated heterocycles. The summed E-state index contributed by atoms with van der Waals surface area (Å²) < 4.78 is 2.02. The number of piperidine rings is 1. The largest absolute Gasteiger partial charge is 0.311 e. The average Bonchev–Trinajstić information content (AvgIpc) is 2.91. The zero-order valence-electron chi connectivity index (χ0n) is 12.9. The second-order valence-electron chi connectivity index (χ2n) is 5.93. The van der Waals surface area contributed by atoms with Crippen molar-refractivity contribution in [3.05, 3.63) is 52.8 Å². The third kappa shape index (κ3) is 3.26. The monoisotopic (exact) mass is 316 g/mol. The Morgan fingerprint density at radius 1 is 1.05 bits per heavy atom. The van der Waals surface area contributed by atoms with Gasteiger partial charge < -0.3 is 4.57 Å². The molecule has 0 aliphatic carbocycles. The van der Waals surface area contributed by atoms with Gasteiger partial charge in [-0.1, -0.05) is 18.0 Å². The van der Waals surface area contributed by atoms with Crippen LogP contribution in [0.2, 0.25) is 5.02 Å². The Bertz CT molecular complexity index is 654. The van der Waals surface area contributed by atoms with E-state index in [-0.39, 0.29) is 5.78 Å². The topological polar surface area (TPSA) is 25.2 Å². The van der Waals surface area contributed by atoms with Crippen molar-refractivity contribution in [2.24, 2.45) is 0 Å². The first-order chi connectivity index (χ1) is 10.6. The van der Waals surface area contributed by atoms with Crippen molar-refractivity contribution in [1.82, 2.24) is 9.47 Å². The fraction of sp³-hybridized carbons (Fsp3) is 0.389. The number of aryl methyl sites for hydroxylation is 1. The summed E-state index contributed by atoms with van der Waals surface area (Å²) in [6, 6.07) is 11.5. The first kappa shape index (κ1) is 15.3. The molecule has 4 heteroatoms. The maximum Gasteiger partial charge on any atom is 0.193 e. The molecule has 0 N–H and O–H groups in total. The van der Waals surface area contributed by atoms with Gasteiger partial charge in [0.05, 0.1) is 12.2 Å². The summed E-state index contributed by atoms with van der Waals surface area (Å²) in [4.78, 5) is 15.0. The van der Waals surface area contributed by atoms with Gasteiger partial charge in [0, 0.05) is 16.4 Å². The molecular formula is C18H21ClN2O. The SMILES string of the molecule is Cc1ccc(C(=O)CN2CCCCC2)n1-c1ccc(Cl)cc1. The van der Waals surface area contributed by atoms with E-state index in [2.05, 4.69) is 4.90 Å². The van der Waals surface area contributed by atoms with E-state index >= 15 is 0 Å². The molecule has 1 aromatic carbocycles. The Balaban J connectivity index is 1.84. The number of aromatic nitrogens is 1. The molecule has 3 nitrogen and oxygen atoms in total. The molecule has 0 amide bonds. The maximum absolute atomic E-state index is 12.7. The van der Waals surface area contributed by atoms with Crippen LogP contribution in [-0.4, -0.2) is 34.9 Å². The Morgan fingerprint density at radius 3 is 2.41 bits per heavy atom. The van der Waals surface area contributed by atoms with E-state index in [0.29, 0.717) is 11.6 Å². The van der Waals surface area contributed by atoms with Gasteiger partial charge in [-0.05, 0) is 69.3 Å². The van der Waals surface area contributed by atoms with Crippen LogP contribution in [0.4, 0.5) is 0 Å². The van der Waals surface area contributed by atoms with E-state index in [0.717, 1.165) is 30.2 Å². The molecule has 1 fully saturated rings. The highest BCUT2D eigenvalue weighted by molar-refractivity contribution is 6.30. The lowest BCUT2D eigenvalue weighted by Gasteiger charge is -2.25. The van der Waals surface area contributed by atoms with Crippen LogP contribution in [0.3, 0.4) is 0 Å². The van der Waals surface area contributed by atoms with Gasteiger partial charge >= 0.3 is 0 Å². The Morgan fingerprint density at radius 2 is 1.73 bits per heavy atom. The van der Waals surface area contributed by atoms with Crippen LogP contribution in [-0.2, 0) is 0 Å². The van der Waals surface area contributed by atoms with Crippen LogP contribution in [0.25, 0.3) is 5.69 Å². The smallest absolute Gasteiger partial charge is 0.193 e. The summed E-state index contributed by atoms with van der Waals surface area (Å²) in [7, 11) is 0. The number of likely N-dealkylation sites (tertiary alicyclic amines) is 1. The zero-order valence-corrected chi connectivity index (χ0v) is 13.6. The standard InChI is InChI=1S/C18H21ClN2O/c1-14-5-10-17(18(22)13-20-11-3-2-4-12-20)21(14)16-8-6-15(19)7-9-16/h5-10H,2-4,11-13H2,1H3. The van der Waals surface area contributed by atoms with Crippen LogP contribution in [0, 0.1) is 6.92 Å². The molecule has 1 aliphatic rings. The predicted molar refractivity (Wildman–Crippen MR) is 90.1 cm³/mol. The number of Topliss-reactive ketones (excluding diaryl/α,β-unsaturated/α-hetero) is 1. The van der Waals surface area contributed by atoms with E-state index in [4.69, 9.17) is 11.6 Å². The van der Waals surface area contributed by atoms with Gasteiger partial charge in [-0.3, -0.25) is 9.69 Å². The van der Waals surface area contributed by atoms with Gasteiger partial charge in [-0.2, -0.15) is 0 Å². The van der Waals surface area contributed by atoms with Crippen LogP contribution in [0.15, 0.2) is 36.4 Å². The predicted octanol–water partition coefficient (Wildman–Crippen LogP) is 4.11. The van der Waals surface area contributed by atoms with E-state index < -0.39 is 0 Å². The minimum absolute atomic E-state index is 0.185. The van der Waals surface area contributed by atoms with Gasteiger partial charge in [0.15, 0.2) is 5.78 Å². The van der Waals surface area contributed by atoms with Gasteiger partial charge in [0.1, 0.15) is 0 Å². The molecular weight excluding hydrogens is 296 g/mol. The van der Waals surface area contributed by atoms with E-state index in [1.54, 1.807) is 0 Å². The Kier molecular flexibility index (Phi) is 4.65. The Labute approximate surface area is 136 Å². The molecule has 22 heavy (non-hydrogen) atoms.